The molecule has 0 aromatic heterocycles. The number of aliphatic imine (C=N–C) groups is 1. The first kappa shape index (κ1) is 27.2. The summed E-state index contributed by atoms with van der Waals surface area (Å²) in [7, 11) is 0. The van der Waals surface area contributed by atoms with Gasteiger partial charge in [-0.2, -0.15) is 0 Å². The van der Waals surface area contributed by atoms with E-state index in [1.165, 1.54) is 38.5 Å². The van der Waals surface area contributed by atoms with E-state index in [1.807, 2.05) is 6.92 Å². The normalized spacial score (nSPS) is 34.2. The number of rotatable bonds is 0. The third kappa shape index (κ3) is 9.67. The molecule has 0 aromatic rings. The number of piperidine rings is 1. The van der Waals surface area contributed by atoms with Crippen molar-refractivity contribution in [3.05, 3.63) is 0 Å². The van der Waals surface area contributed by atoms with Crippen LogP contribution >= 0.6 is 0 Å². The molecule has 0 saturated carbocycles. The lowest BCUT2D eigenvalue weighted by Gasteiger charge is -2.35. The number of nitrogens with zero attached hydrogens (tertiary/aromatic N) is 1. The highest BCUT2D eigenvalue weighted by Crippen LogP contribution is 2.24. The van der Waals surface area contributed by atoms with E-state index in [1.54, 1.807) is 0 Å². The molecule has 0 aromatic carbocycles. The second-order valence-electron chi connectivity index (χ2n) is 10.9. The maximum Gasteiger partial charge on any atom is 0.306 e. The SMILES string of the molecule is CC1=NC2CCCCCCCC(=O)OC3CCC(CCCCCCCC(=O)OC1CC2)NC3C. The van der Waals surface area contributed by atoms with E-state index < -0.39 is 0 Å². The molecule has 6 aliphatic heterocycles. The minimum atomic E-state index is -0.118. The molecule has 194 valence electrons. The first-order valence-electron chi connectivity index (χ1n) is 14.2. The molecule has 0 spiro atoms. The molecule has 3 fully saturated rings. The molecular formula is C28H48N2O4. The van der Waals surface area contributed by atoms with Gasteiger partial charge in [0, 0.05) is 24.9 Å². The zero-order valence-corrected chi connectivity index (χ0v) is 21.7. The largest absolute Gasteiger partial charge is 0.461 e. The van der Waals surface area contributed by atoms with Gasteiger partial charge in [0.1, 0.15) is 12.2 Å². The highest BCUT2D eigenvalue weighted by Gasteiger charge is 2.29. The summed E-state index contributed by atoms with van der Waals surface area (Å²) >= 11 is 0. The van der Waals surface area contributed by atoms with Crippen molar-refractivity contribution in [3.8, 4) is 0 Å². The van der Waals surface area contributed by atoms with Crippen LogP contribution < -0.4 is 5.32 Å². The van der Waals surface area contributed by atoms with Gasteiger partial charge in [-0.1, -0.05) is 51.4 Å². The molecule has 4 bridgehead atoms. The van der Waals surface area contributed by atoms with E-state index in [2.05, 4.69) is 12.2 Å². The fourth-order valence-electron chi connectivity index (χ4n) is 5.72. The zero-order valence-electron chi connectivity index (χ0n) is 21.7. The van der Waals surface area contributed by atoms with E-state index >= 15 is 0 Å². The molecule has 5 unspecified atom stereocenters. The lowest BCUT2D eigenvalue weighted by atomic mass is 9.93. The second-order valence-corrected chi connectivity index (χ2v) is 10.9. The van der Waals surface area contributed by atoms with Gasteiger partial charge in [-0.25, -0.2) is 0 Å². The van der Waals surface area contributed by atoms with Crippen LogP contribution in [0.4, 0.5) is 0 Å². The summed E-state index contributed by atoms with van der Waals surface area (Å²) < 4.78 is 11.6. The molecule has 6 heterocycles. The predicted octanol–water partition coefficient (Wildman–Crippen LogP) is 6.05. The smallest absolute Gasteiger partial charge is 0.306 e. The Kier molecular flexibility index (Phi) is 11.9. The van der Waals surface area contributed by atoms with Crippen LogP contribution in [0.1, 0.15) is 129 Å². The summed E-state index contributed by atoms with van der Waals surface area (Å²) in [5.74, 6) is -0.0871. The van der Waals surface area contributed by atoms with E-state index in [0.717, 1.165) is 69.9 Å². The molecule has 34 heavy (non-hydrogen) atoms. The Morgan fingerprint density at radius 2 is 1.32 bits per heavy atom. The summed E-state index contributed by atoms with van der Waals surface area (Å²) in [6.45, 7) is 4.16. The molecule has 6 heteroatoms. The first-order valence-corrected chi connectivity index (χ1v) is 14.2. The van der Waals surface area contributed by atoms with Crippen molar-refractivity contribution in [3.63, 3.8) is 0 Å². The van der Waals surface area contributed by atoms with Gasteiger partial charge in [0.05, 0.1) is 11.8 Å². The molecule has 6 nitrogen and oxygen atoms in total. The van der Waals surface area contributed by atoms with Crippen LogP contribution in [-0.4, -0.2) is 48.0 Å². The Bertz CT molecular complexity index is 665. The van der Waals surface area contributed by atoms with Gasteiger partial charge in [-0.15, -0.1) is 0 Å². The van der Waals surface area contributed by atoms with Gasteiger partial charge >= 0.3 is 11.9 Å². The Morgan fingerprint density at radius 1 is 0.706 bits per heavy atom. The van der Waals surface area contributed by atoms with Crippen molar-refractivity contribution in [1.82, 2.24) is 5.32 Å². The minimum Gasteiger partial charge on any atom is -0.461 e. The van der Waals surface area contributed by atoms with Crippen molar-refractivity contribution in [2.45, 2.75) is 160 Å². The van der Waals surface area contributed by atoms with Gasteiger partial charge in [0.15, 0.2) is 0 Å². The molecule has 0 aliphatic carbocycles. The molecule has 5 atom stereocenters. The molecule has 0 amide bonds. The van der Waals surface area contributed by atoms with Crippen LogP contribution in [0.5, 0.6) is 0 Å². The molecule has 6 rings (SSSR count). The first-order chi connectivity index (χ1) is 16.5. The number of nitrogens with one attached hydrogen (secondary N) is 1. The van der Waals surface area contributed by atoms with Crippen molar-refractivity contribution in [1.29, 1.82) is 0 Å². The van der Waals surface area contributed by atoms with Crippen LogP contribution in [0.25, 0.3) is 0 Å². The van der Waals surface area contributed by atoms with Crippen LogP contribution in [-0.2, 0) is 19.1 Å². The molecule has 6 aliphatic rings. The van der Waals surface area contributed by atoms with Gasteiger partial charge in [-0.3, -0.25) is 14.6 Å². The number of carbonyl (C=O) groups is 2. The zero-order chi connectivity index (χ0) is 24.2. The van der Waals surface area contributed by atoms with Crippen LogP contribution in [0.15, 0.2) is 4.99 Å². The van der Waals surface area contributed by atoms with Crippen molar-refractivity contribution in [2.75, 3.05) is 0 Å². The number of ether oxygens (including phenoxy) is 2. The second kappa shape index (κ2) is 14.9. The minimum absolute atomic E-state index is 0.0150. The summed E-state index contributed by atoms with van der Waals surface area (Å²) in [6, 6.07) is 1.13. The van der Waals surface area contributed by atoms with Crippen LogP contribution in [0.2, 0.25) is 0 Å². The topological polar surface area (TPSA) is 77.0 Å². The third-order valence-corrected chi connectivity index (χ3v) is 7.88. The Labute approximate surface area is 207 Å². The fraction of sp³-hybridized carbons (Fsp3) is 0.893. The van der Waals surface area contributed by atoms with Crippen molar-refractivity contribution >= 4 is 17.7 Å². The molecular weight excluding hydrogens is 428 g/mol. The standard InChI is InChI=1S/C28H48N2O4/c1-21-25-19-17-23(29-21)13-9-5-3-8-12-16-28(32)34-26-20-18-24(30-22(26)2)14-10-6-4-7-11-15-27(31)33-25/h21,23-26,29H,3-20H2,1-2H3. The van der Waals surface area contributed by atoms with E-state index in [0.29, 0.717) is 24.9 Å². The summed E-state index contributed by atoms with van der Waals surface area (Å²) in [5.41, 5.74) is 0.988. The average Bonchev–Trinajstić information content (AvgIpc) is 2.80. The highest BCUT2D eigenvalue weighted by atomic mass is 16.5. The molecule has 1 N–H and O–H groups in total. The van der Waals surface area contributed by atoms with Crippen molar-refractivity contribution in [2.24, 2.45) is 4.99 Å². The third-order valence-electron chi connectivity index (χ3n) is 7.88. The predicted molar refractivity (Wildman–Crippen MR) is 136 cm³/mol. The molecule has 0 radical (unpaired) electrons. The Hall–Kier alpha value is -1.43. The summed E-state index contributed by atoms with van der Waals surface area (Å²) in [4.78, 5) is 29.4. The number of hydrogen-bond donors (Lipinski definition) is 1. The quantitative estimate of drug-likeness (QED) is 0.431. The maximum absolute atomic E-state index is 12.3. The molecule has 3 saturated heterocycles. The van der Waals surface area contributed by atoms with Gasteiger partial charge in [0.2, 0.25) is 0 Å². The highest BCUT2D eigenvalue weighted by molar-refractivity contribution is 5.89. The van der Waals surface area contributed by atoms with Crippen molar-refractivity contribution < 1.29 is 19.1 Å². The average molecular weight is 477 g/mol. The number of carbonyl (C=O) groups excluding carboxylic acids is 2. The van der Waals surface area contributed by atoms with E-state index in [-0.39, 0.29) is 30.2 Å². The maximum atomic E-state index is 12.3. The lowest BCUT2D eigenvalue weighted by Crippen LogP contribution is -2.50. The van der Waals surface area contributed by atoms with Crippen LogP contribution in [0, 0.1) is 0 Å². The summed E-state index contributed by atoms with van der Waals surface area (Å²) in [5, 5.41) is 3.67. The number of hydrogen-bond acceptors (Lipinski definition) is 6. The monoisotopic (exact) mass is 476 g/mol. The van der Waals surface area contributed by atoms with E-state index in [4.69, 9.17) is 14.5 Å². The van der Waals surface area contributed by atoms with Crippen LogP contribution in [0.3, 0.4) is 0 Å². The van der Waals surface area contributed by atoms with Gasteiger partial charge < -0.3 is 14.8 Å². The lowest BCUT2D eigenvalue weighted by molar-refractivity contribution is -0.152. The Balaban J connectivity index is 1.45. The summed E-state index contributed by atoms with van der Waals surface area (Å²) in [6.07, 6.45) is 18.3. The van der Waals surface area contributed by atoms with Gasteiger partial charge in [-0.05, 0) is 65.2 Å². The van der Waals surface area contributed by atoms with Gasteiger partial charge in [0.25, 0.3) is 0 Å². The number of esters is 2. The van der Waals surface area contributed by atoms with E-state index in [9.17, 15) is 9.59 Å². The Morgan fingerprint density at radius 3 is 2.00 bits per heavy atom. The fourth-order valence-corrected chi connectivity index (χ4v) is 5.72.